The molecule has 1 heterocycles. The molecule has 0 radical (unpaired) electrons. The van der Waals surface area contributed by atoms with Crippen molar-refractivity contribution in [1.29, 1.82) is 0 Å². The summed E-state index contributed by atoms with van der Waals surface area (Å²) in [4.78, 5) is 7.07. The zero-order chi connectivity index (χ0) is 18.1. The molecule has 2 rings (SSSR count). The number of guanidine groups is 1. The topological polar surface area (TPSA) is 55.3 Å². The Morgan fingerprint density at radius 3 is 2.64 bits per heavy atom. The summed E-state index contributed by atoms with van der Waals surface area (Å²) in [6.07, 6.45) is 1.15. The van der Waals surface area contributed by atoms with Gasteiger partial charge in [0.25, 0.3) is 0 Å². The summed E-state index contributed by atoms with van der Waals surface area (Å²) in [6.45, 7) is 8.43. The van der Waals surface area contributed by atoms with Crippen molar-refractivity contribution in [1.82, 2.24) is 10.2 Å². The van der Waals surface area contributed by atoms with E-state index in [0.717, 1.165) is 50.1 Å². The fourth-order valence-corrected chi connectivity index (χ4v) is 2.96. The van der Waals surface area contributed by atoms with E-state index < -0.39 is 0 Å². The van der Waals surface area contributed by atoms with Crippen LogP contribution in [0.4, 0.5) is 0 Å². The molecular formula is C19H31N3O3. The molecule has 1 saturated heterocycles. The molecule has 2 unspecified atom stereocenters. The third-order valence-electron chi connectivity index (χ3n) is 4.22. The lowest BCUT2D eigenvalue weighted by molar-refractivity contribution is 0.157. The van der Waals surface area contributed by atoms with Gasteiger partial charge in [0, 0.05) is 32.7 Å². The summed E-state index contributed by atoms with van der Waals surface area (Å²) in [6, 6.07) is 7.63. The van der Waals surface area contributed by atoms with Gasteiger partial charge in [0.05, 0.1) is 20.3 Å². The maximum atomic E-state index is 5.94. The van der Waals surface area contributed by atoms with Crippen molar-refractivity contribution in [2.45, 2.75) is 26.4 Å². The molecule has 0 aromatic heterocycles. The lowest BCUT2D eigenvalue weighted by Crippen LogP contribution is -2.41. The number of aliphatic imine (C=N–C) groups is 1. The first-order valence-corrected chi connectivity index (χ1v) is 8.99. The first-order chi connectivity index (χ1) is 12.2. The van der Waals surface area contributed by atoms with Gasteiger partial charge in [-0.05, 0) is 44.5 Å². The maximum absolute atomic E-state index is 5.94. The SMILES string of the molecule is CCNC(=NCC(C)Oc1ccc(OC)cc1)N1CCC(COC)C1. The van der Waals surface area contributed by atoms with Gasteiger partial charge in [0.15, 0.2) is 5.96 Å². The molecule has 140 valence electrons. The molecule has 1 aromatic rings. The largest absolute Gasteiger partial charge is 0.497 e. The number of rotatable bonds is 8. The van der Waals surface area contributed by atoms with Crippen LogP contribution in [0.3, 0.4) is 0 Å². The van der Waals surface area contributed by atoms with Crippen LogP contribution >= 0.6 is 0 Å². The van der Waals surface area contributed by atoms with E-state index in [1.807, 2.05) is 31.2 Å². The quantitative estimate of drug-likeness (QED) is 0.577. The minimum absolute atomic E-state index is 0.000531. The van der Waals surface area contributed by atoms with Gasteiger partial charge in [0.2, 0.25) is 0 Å². The second kappa shape index (κ2) is 10.1. The number of hydrogen-bond donors (Lipinski definition) is 1. The van der Waals surface area contributed by atoms with Crippen LogP contribution in [0.25, 0.3) is 0 Å². The first-order valence-electron chi connectivity index (χ1n) is 8.99. The van der Waals surface area contributed by atoms with E-state index in [1.54, 1.807) is 14.2 Å². The molecule has 1 fully saturated rings. The van der Waals surface area contributed by atoms with Crippen molar-refractivity contribution < 1.29 is 14.2 Å². The molecule has 0 amide bonds. The second-order valence-corrected chi connectivity index (χ2v) is 6.35. The van der Waals surface area contributed by atoms with Gasteiger partial charge < -0.3 is 24.4 Å². The van der Waals surface area contributed by atoms with E-state index in [4.69, 9.17) is 19.2 Å². The highest BCUT2D eigenvalue weighted by Gasteiger charge is 2.24. The Bertz CT molecular complexity index is 533. The lowest BCUT2D eigenvalue weighted by Gasteiger charge is -2.22. The fourth-order valence-electron chi connectivity index (χ4n) is 2.96. The van der Waals surface area contributed by atoms with Crippen molar-refractivity contribution in [3.05, 3.63) is 24.3 Å². The molecule has 0 saturated carbocycles. The maximum Gasteiger partial charge on any atom is 0.194 e. The van der Waals surface area contributed by atoms with Crippen LogP contribution in [0.15, 0.2) is 29.3 Å². The highest BCUT2D eigenvalue weighted by molar-refractivity contribution is 5.80. The second-order valence-electron chi connectivity index (χ2n) is 6.35. The number of hydrogen-bond acceptors (Lipinski definition) is 4. The van der Waals surface area contributed by atoms with Gasteiger partial charge >= 0.3 is 0 Å². The summed E-state index contributed by atoms with van der Waals surface area (Å²) < 4.78 is 16.4. The van der Waals surface area contributed by atoms with Gasteiger partial charge in [-0.2, -0.15) is 0 Å². The van der Waals surface area contributed by atoms with Crippen molar-refractivity contribution >= 4 is 5.96 Å². The number of methoxy groups -OCH3 is 2. The summed E-state index contributed by atoms with van der Waals surface area (Å²) in [7, 11) is 3.42. The summed E-state index contributed by atoms with van der Waals surface area (Å²) in [5.74, 6) is 3.20. The van der Waals surface area contributed by atoms with Crippen LogP contribution in [0.5, 0.6) is 11.5 Å². The monoisotopic (exact) mass is 349 g/mol. The molecule has 0 spiro atoms. The molecule has 1 N–H and O–H groups in total. The number of nitrogens with one attached hydrogen (secondary N) is 1. The van der Waals surface area contributed by atoms with Crippen LogP contribution in [0, 0.1) is 5.92 Å². The number of likely N-dealkylation sites (tertiary alicyclic amines) is 1. The van der Waals surface area contributed by atoms with Crippen LogP contribution in [0.1, 0.15) is 20.3 Å². The summed E-state index contributed by atoms with van der Waals surface area (Å²) >= 11 is 0. The number of ether oxygens (including phenoxy) is 3. The molecule has 6 heteroatoms. The fraction of sp³-hybridized carbons (Fsp3) is 0.632. The van der Waals surface area contributed by atoms with Gasteiger partial charge in [0.1, 0.15) is 17.6 Å². The first kappa shape index (κ1) is 19.4. The Labute approximate surface area is 151 Å². The molecule has 2 atom stereocenters. The van der Waals surface area contributed by atoms with Gasteiger partial charge in [-0.15, -0.1) is 0 Å². The molecule has 1 aromatic carbocycles. The van der Waals surface area contributed by atoms with Gasteiger partial charge in [-0.1, -0.05) is 0 Å². The van der Waals surface area contributed by atoms with Crippen molar-refractivity contribution in [2.75, 3.05) is 47.0 Å². The average Bonchev–Trinajstić information content (AvgIpc) is 3.08. The average molecular weight is 349 g/mol. The Kier molecular flexibility index (Phi) is 7.85. The smallest absolute Gasteiger partial charge is 0.194 e. The molecule has 6 nitrogen and oxygen atoms in total. The van der Waals surface area contributed by atoms with E-state index >= 15 is 0 Å². The van der Waals surface area contributed by atoms with E-state index in [1.165, 1.54) is 0 Å². The van der Waals surface area contributed by atoms with Crippen LogP contribution in [-0.4, -0.2) is 64.0 Å². The molecule has 25 heavy (non-hydrogen) atoms. The zero-order valence-electron chi connectivity index (χ0n) is 15.8. The summed E-state index contributed by atoms with van der Waals surface area (Å²) in [5, 5.41) is 3.38. The Balaban J connectivity index is 1.88. The normalized spacial score (nSPS) is 19.0. The molecule has 0 aliphatic carbocycles. The van der Waals surface area contributed by atoms with Crippen molar-refractivity contribution in [2.24, 2.45) is 10.9 Å². The molecular weight excluding hydrogens is 318 g/mol. The van der Waals surface area contributed by atoms with Crippen LogP contribution in [-0.2, 0) is 4.74 Å². The molecule has 0 bridgehead atoms. The lowest BCUT2D eigenvalue weighted by atomic mass is 10.1. The van der Waals surface area contributed by atoms with E-state index in [-0.39, 0.29) is 6.10 Å². The Morgan fingerprint density at radius 2 is 2.00 bits per heavy atom. The van der Waals surface area contributed by atoms with Crippen LogP contribution in [0.2, 0.25) is 0 Å². The van der Waals surface area contributed by atoms with Crippen LogP contribution < -0.4 is 14.8 Å². The Hall–Kier alpha value is -1.95. The van der Waals surface area contributed by atoms with Crippen molar-refractivity contribution in [3.8, 4) is 11.5 Å². The highest BCUT2D eigenvalue weighted by atomic mass is 16.5. The predicted octanol–water partition coefficient (Wildman–Crippen LogP) is 2.40. The van der Waals surface area contributed by atoms with Gasteiger partial charge in [-0.25, -0.2) is 4.99 Å². The molecule has 1 aliphatic heterocycles. The zero-order valence-corrected chi connectivity index (χ0v) is 15.8. The third kappa shape index (κ3) is 6.12. The van der Waals surface area contributed by atoms with E-state index in [2.05, 4.69) is 17.1 Å². The summed E-state index contributed by atoms with van der Waals surface area (Å²) in [5.41, 5.74) is 0. The highest BCUT2D eigenvalue weighted by Crippen LogP contribution is 2.19. The standard InChI is InChI=1S/C19H31N3O3/c1-5-20-19(22-11-10-16(13-22)14-23-3)21-12-15(2)25-18-8-6-17(24-4)7-9-18/h6-9,15-16H,5,10-14H2,1-4H3,(H,20,21). The predicted molar refractivity (Wildman–Crippen MR) is 101 cm³/mol. The van der Waals surface area contributed by atoms with E-state index in [9.17, 15) is 0 Å². The minimum Gasteiger partial charge on any atom is -0.497 e. The van der Waals surface area contributed by atoms with Gasteiger partial charge in [-0.3, -0.25) is 0 Å². The number of nitrogens with zero attached hydrogens (tertiary/aromatic N) is 2. The van der Waals surface area contributed by atoms with Crippen molar-refractivity contribution in [3.63, 3.8) is 0 Å². The minimum atomic E-state index is -0.000531. The number of benzene rings is 1. The third-order valence-corrected chi connectivity index (χ3v) is 4.22. The molecule has 1 aliphatic rings. The Morgan fingerprint density at radius 1 is 1.28 bits per heavy atom. The van der Waals surface area contributed by atoms with E-state index in [0.29, 0.717) is 12.5 Å².